The summed E-state index contributed by atoms with van der Waals surface area (Å²) in [6.07, 6.45) is 0.820. The van der Waals surface area contributed by atoms with Crippen LogP contribution in [0.25, 0.3) is 0 Å². The zero-order valence-corrected chi connectivity index (χ0v) is 17.8. The summed E-state index contributed by atoms with van der Waals surface area (Å²) >= 11 is 0. The van der Waals surface area contributed by atoms with Gasteiger partial charge in [-0.15, -0.1) is 0 Å². The molecule has 0 aliphatic rings. The van der Waals surface area contributed by atoms with Gasteiger partial charge in [-0.05, 0) is 62.2 Å². The van der Waals surface area contributed by atoms with Gasteiger partial charge in [-0.3, -0.25) is 14.6 Å². The molecule has 0 atom stereocenters. The average Bonchev–Trinajstić information content (AvgIpc) is 3.12. The molecule has 30 heavy (non-hydrogen) atoms. The summed E-state index contributed by atoms with van der Waals surface area (Å²) in [5.41, 5.74) is 2.30. The Labute approximate surface area is 175 Å². The Hall–Kier alpha value is -3.33. The predicted octanol–water partition coefficient (Wildman–Crippen LogP) is 3.73. The number of sulfonamides is 1. The zero-order valence-electron chi connectivity index (χ0n) is 17.0. The van der Waals surface area contributed by atoms with Crippen molar-refractivity contribution in [3.05, 3.63) is 65.4 Å². The van der Waals surface area contributed by atoms with E-state index in [1.54, 1.807) is 37.3 Å². The monoisotopic (exact) mass is 428 g/mol. The Kier molecular flexibility index (Phi) is 6.41. The summed E-state index contributed by atoms with van der Waals surface area (Å²) in [5.74, 6) is 0.0759. The van der Waals surface area contributed by atoms with E-state index in [-0.39, 0.29) is 10.6 Å². The zero-order chi connectivity index (χ0) is 21.7. The molecule has 0 saturated heterocycles. The van der Waals surface area contributed by atoms with Gasteiger partial charge in [-0.2, -0.15) is 13.5 Å². The molecule has 0 aliphatic carbocycles. The Morgan fingerprint density at radius 3 is 2.50 bits per heavy atom. The fraction of sp³-hybridized carbons (Fsp3) is 0.238. The maximum Gasteiger partial charge on any atom is 0.282 e. The third-order valence-corrected chi connectivity index (χ3v) is 5.72. The van der Waals surface area contributed by atoms with Crippen molar-refractivity contribution in [2.45, 2.75) is 32.2 Å². The molecule has 8 nitrogen and oxygen atoms in total. The molecule has 0 saturated carbocycles. The third-order valence-electron chi connectivity index (χ3n) is 4.41. The van der Waals surface area contributed by atoms with Crippen LogP contribution in [-0.2, 0) is 16.4 Å². The van der Waals surface area contributed by atoms with E-state index in [9.17, 15) is 13.2 Å². The Bertz CT molecular complexity index is 1140. The normalized spacial score (nSPS) is 11.2. The Morgan fingerprint density at radius 2 is 1.83 bits per heavy atom. The molecule has 0 bridgehead atoms. The molecule has 0 radical (unpaired) electrons. The number of ether oxygens (including phenoxy) is 1. The van der Waals surface area contributed by atoms with Crippen LogP contribution in [0, 0.1) is 6.92 Å². The van der Waals surface area contributed by atoms with Crippen molar-refractivity contribution < 1.29 is 17.9 Å². The average molecular weight is 429 g/mol. The van der Waals surface area contributed by atoms with Crippen molar-refractivity contribution in [3.63, 3.8) is 0 Å². The van der Waals surface area contributed by atoms with Crippen LogP contribution in [0.5, 0.6) is 5.75 Å². The first-order valence-electron chi connectivity index (χ1n) is 9.55. The number of benzene rings is 2. The van der Waals surface area contributed by atoms with Gasteiger partial charge in [0, 0.05) is 17.1 Å². The van der Waals surface area contributed by atoms with E-state index in [0.29, 0.717) is 29.4 Å². The summed E-state index contributed by atoms with van der Waals surface area (Å²) in [7, 11) is -4.09. The first-order chi connectivity index (χ1) is 14.3. The number of anilines is 2. The number of nitrogens with zero attached hydrogens (tertiary/aromatic N) is 1. The van der Waals surface area contributed by atoms with Gasteiger partial charge in [0.1, 0.15) is 11.3 Å². The quantitative estimate of drug-likeness (QED) is 0.506. The summed E-state index contributed by atoms with van der Waals surface area (Å²) in [6, 6.07) is 13.9. The number of aromatic amines is 1. The molecule has 3 N–H and O–H groups in total. The van der Waals surface area contributed by atoms with Gasteiger partial charge >= 0.3 is 0 Å². The number of amides is 1. The van der Waals surface area contributed by atoms with E-state index in [2.05, 4.69) is 20.2 Å². The minimum absolute atomic E-state index is 0.0321. The van der Waals surface area contributed by atoms with Gasteiger partial charge in [0.15, 0.2) is 0 Å². The topological polar surface area (TPSA) is 113 Å². The van der Waals surface area contributed by atoms with E-state index >= 15 is 0 Å². The number of carbonyl (C=O) groups excluding carboxylic acids is 1. The Morgan fingerprint density at radius 1 is 1.10 bits per heavy atom. The molecule has 0 unspecified atom stereocenters. The highest BCUT2D eigenvalue weighted by Gasteiger charge is 2.28. The SMILES string of the molecule is CCOc1ccc(NS(=O)(=O)c2n[nH]c(C)c2C(=O)Nc2cccc(CC)c2)cc1. The number of aryl methyl sites for hydroxylation is 2. The van der Waals surface area contributed by atoms with Gasteiger partial charge in [0.05, 0.1) is 6.61 Å². The number of H-pyrrole nitrogens is 1. The summed E-state index contributed by atoms with van der Waals surface area (Å²) in [6.45, 7) is 5.98. The molecule has 0 aliphatic heterocycles. The molecule has 158 valence electrons. The van der Waals surface area contributed by atoms with E-state index in [1.807, 2.05) is 32.0 Å². The summed E-state index contributed by atoms with van der Waals surface area (Å²) in [5, 5.41) is 8.85. The van der Waals surface area contributed by atoms with E-state index in [4.69, 9.17) is 4.74 Å². The second-order valence-corrected chi connectivity index (χ2v) is 8.20. The molecule has 2 aromatic carbocycles. The second kappa shape index (κ2) is 9.00. The largest absolute Gasteiger partial charge is 0.494 e. The molecule has 1 aromatic heterocycles. The molecular formula is C21H24N4O4S. The van der Waals surface area contributed by atoms with Gasteiger partial charge < -0.3 is 10.1 Å². The molecule has 1 amide bonds. The van der Waals surface area contributed by atoms with E-state index in [1.165, 1.54) is 0 Å². The van der Waals surface area contributed by atoms with Gasteiger partial charge in [0.2, 0.25) is 5.03 Å². The number of hydrogen-bond acceptors (Lipinski definition) is 5. The fourth-order valence-corrected chi connectivity index (χ4v) is 4.14. The number of aromatic nitrogens is 2. The lowest BCUT2D eigenvalue weighted by Crippen LogP contribution is -2.20. The molecule has 3 aromatic rings. The van der Waals surface area contributed by atoms with Crippen molar-refractivity contribution in [1.29, 1.82) is 0 Å². The number of carbonyl (C=O) groups is 1. The maximum atomic E-state index is 12.9. The van der Waals surface area contributed by atoms with Crippen LogP contribution in [0.2, 0.25) is 0 Å². The van der Waals surface area contributed by atoms with Crippen LogP contribution in [0.4, 0.5) is 11.4 Å². The van der Waals surface area contributed by atoms with Gasteiger partial charge in [-0.1, -0.05) is 19.1 Å². The number of rotatable bonds is 8. The van der Waals surface area contributed by atoms with Crippen molar-refractivity contribution >= 4 is 27.3 Å². The molecule has 3 rings (SSSR count). The molecule has 9 heteroatoms. The van der Waals surface area contributed by atoms with Crippen LogP contribution in [0.3, 0.4) is 0 Å². The predicted molar refractivity (Wildman–Crippen MR) is 116 cm³/mol. The number of nitrogens with one attached hydrogen (secondary N) is 3. The lowest BCUT2D eigenvalue weighted by molar-refractivity contribution is 0.102. The highest BCUT2D eigenvalue weighted by molar-refractivity contribution is 7.92. The molecule has 1 heterocycles. The van der Waals surface area contributed by atoms with Gasteiger partial charge in [0.25, 0.3) is 15.9 Å². The van der Waals surface area contributed by atoms with Crippen LogP contribution in [0.1, 0.15) is 35.5 Å². The van der Waals surface area contributed by atoms with Crippen LogP contribution in [0.15, 0.2) is 53.6 Å². The fourth-order valence-electron chi connectivity index (χ4n) is 2.92. The van der Waals surface area contributed by atoms with E-state index < -0.39 is 15.9 Å². The second-order valence-electron chi connectivity index (χ2n) is 6.60. The lowest BCUT2D eigenvalue weighted by atomic mass is 10.1. The Balaban J connectivity index is 1.85. The standard InChI is InChI=1S/C21H24N4O4S/c1-4-15-7-6-8-17(13-15)22-20(26)19-14(3)23-24-21(19)30(27,28)25-16-9-11-18(12-10-16)29-5-2/h6-13,25H,4-5H2,1-3H3,(H,22,26)(H,23,24). The van der Waals surface area contributed by atoms with Crippen molar-refractivity contribution in [3.8, 4) is 5.75 Å². The van der Waals surface area contributed by atoms with Crippen LogP contribution in [-0.4, -0.2) is 31.1 Å². The smallest absolute Gasteiger partial charge is 0.282 e. The van der Waals surface area contributed by atoms with E-state index in [0.717, 1.165) is 12.0 Å². The van der Waals surface area contributed by atoms with Crippen molar-refractivity contribution in [2.24, 2.45) is 0 Å². The molecular weight excluding hydrogens is 404 g/mol. The number of hydrogen-bond donors (Lipinski definition) is 3. The van der Waals surface area contributed by atoms with Crippen LogP contribution >= 0.6 is 0 Å². The minimum Gasteiger partial charge on any atom is -0.494 e. The molecule has 0 fully saturated rings. The first-order valence-corrected chi connectivity index (χ1v) is 11.0. The van der Waals surface area contributed by atoms with Crippen molar-refractivity contribution in [2.75, 3.05) is 16.6 Å². The maximum absolute atomic E-state index is 12.9. The highest BCUT2D eigenvalue weighted by Crippen LogP contribution is 2.23. The van der Waals surface area contributed by atoms with Crippen molar-refractivity contribution in [1.82, 2.24) is 10.2 Å². The summed E-state index contributed by atoms with van der Waals surface area (Å²) in [4.78, 5) is 12.9. The first kappa shape index (κ1) is 21.4. The van der Waals surface area contributed by atoms with Crippen LogP contribution < -0.4 is 14.8 Å². The molecule has 0 spiro atoms. The minimum atomic E-state index is -4.09. The van der Waals surface area contributed by atoms with Gasteiger partial charge in [-0.25, -0.2) is 0 Å². The highest BCUT2D eigenvalue weighted by atomic mass is 32.2. The third kappa shape index (κ3) is 4.80. The summed E-state index contributed by atoms with van der Waals surface area (Å²) < 4.78 is 33.6. The lowest BCUT2D eigenvalue weighted by Gasteiger charge is -2.10.